The Balaban J connectivity index is 1.40. The van der Waals surface area contributed by atoms with Gasteiger partial charge >= 0.3 is 6.09 Å². The number of benzene rings is 1. The smallest absolute Gasteiger partial charge is 0.416 e. The first kappa shape index (κ1) is 30.1. The molecule has 2 bridgehead atoms. The maximum Gasteiger partial charge on any atom is 0.416 e. The molecule has 42 heavy (non-hydrogen) atoms. The standard InChI is InChI=1S/C33H43FN4O4/c1-29(2,3)41-28(39)38(25-20-23(12-19-35-25)22-8-10-24(11-9-22)31(6,7)40)21-32-13-16-33(17-14-32,18-15-32)26-36-27(42-37-26)30(4,5)34/h8-12,19-20,40H,13-18,21H2,1-7H3. The summed E-state index contributed by atoms with van der Waals surface area (Å²) in [6.45, 7) is 12.4. The molecule has 3 aliphatic carbocycles. The number of carbonyl (C=O) groups is 1. The van der Waals surface area contributed by atoms with E-state index < -0.39 is 23.0 Å². The number of alkyl halides is 1. The molecule has 0 unspecified atom stereocenters. The van der Waals surface area contributed by atoms with Crippen LogP contribution in [0.5, 0.6) is 0 Å². The summed E-state index contributed by atoms with van der Waals surface area (Å²) in [6.07, 6.45) is 6.49. The van der Waals surface area contributed by atoms with Crippen LogP contribution in [0.4, 0.5) is 15.0 Å². The number of rotatable bonds is 7. The van der Waals surface area contributed by atoms with E-state index in [0.717, 1.165) is 55.2 Å². The van der Waals surface area contributed by atoms with Crippen molar-refractivity contribution in [2.75, 3.05) is 11.4 Å². The number of aromatic nitrogens is 3. The Morgan fingerprint density at radius 1 is 0.976 bits per heavy atom. The molecule has 1 N–H and O–H groups in total. The summed E-state index contributed by atoms with van der Waals surface area (Å²) in [5.74, 6) is 1.16. The zero-order valence-electron chi connectivity index (χ0n) is 25.8. The second kappa shape index (κ2) is 10.4. The number of halogens is 1. The van der Waals surface area contributed by atoms with Gasteiger partial charge in [0.1, 0.15) is 11.4 Å². The average Bonchev–Trinajstić information content (AvgIpc) is 3.44. The highest BCUT2D eigenvalue weighted by molar-refractivity contribution is 5.87. The van der Waals surface area contributed by atoms with Crippen LogP contribution in [0.2, 0.25) is 0 Å². The molecule has 3 aromatic rings. The van der Waals surface area contributed by atoms with Crippen LogP contribution in [0.3, 0.4) is 0 Å². The van der Waals surface area contributed by atoms with Crippen LogP contribution in [-0.2, 0) is 21.4 Å². The zero-order valence-corrected chi connectivity index (χ0v) is 25.8. The summed E-state index contributed by atoms with van der Waals surface area (Å²) in [7, 11) is 0. The highest BCUT2D eigenvalue weighted by atomic mass is 19.1. The maximum atomic E-state index is 14.4. The van der Waals surface area contributed by atoms with Crippen molar-refractivity contribution in [3.63, 3.8) is 0 Å². The second-order valence-electron chi connectivity index (χ2n) is 14.3. The van der Waals surface area contributed by atoms with Gasteiger partial charge in [0.2, 0.25) is 0 Å². The zero-order chi connectivity index (χ0) is 30.6. The highest BCUT2D eigenvalue weighted by Gasteiger charge is 2.53. The van der Waals surface area contributed by atoms with E-state index in [4.69, 9.17) is 9.26 Å². The normalized spacial score (nSPS) is 22.7. The second-order valence-corrected chi connectivity index (χ2v) is 14.3. The Kier molecular flexibility index (Phi) is 7.49. The van der Waals surface area contributed by atoms with Crippen LogP contribution < -0.4 is 4.90 Å². The van der Waals surface area contributed by atoms with Crippen molar-refractivity contribution in [3.05, 3.63) is 59.9 Å². The number of hydrogen-bond donors (Lipinski definition) is 1. The van der Waals surface area contributed by atoms with Crippen LogP contribution in [0.25, 0.3) is 11.1 Å². The molecule has 0 radical (unpaired) electrons. The van der Waals surface area contributed by atoms with E-state index in [1.54, 1.807) is 24.9 Å². The molecule has 2 heterocycles. The number of ether oxygens (including phenoxy) is 1. The van der Waals surface area contributed by atoms with E-state index in [0.29, 0.717) is 18.2 Å². The van der Waals surface area contributed by atoms with Crippen molar-refractivity contribution >= 4 is 11.9 Å². The lowest BCUT2D eigenvalue weighted by atomic mass is 9.53. The van der Waals surface area contributed by atoms with Crippen molar-refractivity contribution in [1.29, 1.82) is 0 Å². The molecule has 3 aliphatic rings. The first-order valence-electron chi connectivity index (χ1n) is 14.8. The quantitative estimate of drug-likeness (QED) is 0.308. The molecule has 1 amide bonds. The molecule has 0 atom stereocenters. The van der Waals surface area contributed by atoms with Crippen LogP contribution in [-0.4, -0.2) is 38.5 Å². The van der Waals surface area contributed by atoms with E-state index in [9.17, 15) is 14.3 Å². The van der Waals surface area contributed by atoms with E-state index in [1.165, 1.54) is 13.8 Å². The van der Waals surface area contributed by atoms with Crippen molar-refractivity contribution in [3.8, 4) is 11.1 Å². The van der Waals surface area contributed by atoms with Gasteiger partial charge in [0, 0.05) is 18.2 Å². The first-order chi connectivity index (χ1) is 19.5. The largest absolute Gasteiger partial charge is 0.443 e. The third-order valence-corrected chi connectivity index (χ3v) is 8.86. The predicted molar refractivity (Wildman–Crippen MR) is 159 cm³/mol. The molecule has 9 heteroatoms. The molecule has 226 valence electrons. The van der Waals surface area contributed by atoms with Gasteiger partial charge < -0.3 is 14.4 Å². The fraction of sp³-hybridized carbons (Fsp3) is 0.576. The molecule has 8 nitrogen and oxygen atoms in total. The van der Waals surface area contributed by atoms with Crippen LogP contribution in [0, 0.1) is 5.41 Å². The van der Waals surface area contributed by atoms with Gasteiger partial charge in [-0.25, -0.2) is 14.2 Å². The van der Waals surface area contributed by atoms with Crippen molar-refractivity contribution in [2.45, 2.75) is 109 Å². The Hall–Kier alpha value is -3.33. The minimum atomic E-state index is -1.68. The SMILES string of the molecule is CC(C)(C)OC(=O)N(CC12CCC(c3noc(C(C)(C)F)n3)(CC1)CC2)c1cc(-c2ccc(C(C)(C)O)cc2)ccn1. The van der Waals surface area contributed by atoms with Gasteiger partial charge in [-0.15, -0.1) is 0 Å². The monoisotopic (exact) mass is 578 g/mol. The van der Waals surface area contributed by atoms with E-state index in [2.05, 4.69) is 15.1 Å². The number of pyridine rings is 1. The van der Waals surface area contributed by atoms with E-state index in [-0.39, 0.29) is 16.7 Å². The molecular formula is C33H43FN4O4. The summed E-state index contributed by atoms with van der Waals surface area (Å²) in [5.41, 5.74) is -0.883. The molecule has 2 aromatic heterocycles. The topological polar surface area (TPSA) is 102 Å². The highest BCUT2D eigenvalue weighted by Crippen LogP contribution is 2.57. The number of aliphatic hydroxyl groups is 1. The Morgan fingerprint density at radius 2 is 1.60 bits per heavy atom. The van der Waals surface area contributed by atoms with Crippen LogP contribution >= 0.6 is 0 Å². The average molecular weight is 579 g/mol. The molecule has 0 saturated heterocycles. The minimum Gasteiger partial charge on any atom is -0.443 e. The minimum absolute atomic E-state index is 0.0195. The van der Waals surface area contributed by atoms with Gasteiger partial charge in [-0.3, -0.25) is 4.90 Å². The Labute approximate surface area is 247 Å². The Bertz CT molecular complexity index is 1410. The summed E-state index contributed by atoms with van der Waals surface area (Å²) in [6, 6.07) is 11.6. The molecule has 3 saturated carbocycles. The summed E-state index contributed by atoms with van der Waals surface area (Å²) in [5, 5.41) is 14.5. The number of carbonyl (C=O) groups excluding carboxylic acids is 1. The summed E-state index contributed by atoms with van der Waals surface area (Å²) < 4.78 is 25.6. The van der Waals surface area contributed by atoms with E-state index >= 15 is 0 Å². The molecule has 0 spiro atoms. The van der Waals surface area contributed by atoms with Crippen LogP contribution in [0.15, 0.2) is 47.1 Å². The van der Waals surface area contributed by atoms with Crippen LogP contribution in [0.1, 0.15) is 104 Å². The molecule has 3 fully saturated rings. The van der Waals surface area contributed by atoms with Gasteiger partial charge in [-0.1, -0.05) is 29.4 Å². The molecular weight excluding hydrogens is 535 g/mol. The Morgan fingerprint density at radius 3 is 2.12 bits per heavy atom. The van der Waals surface area contributed by atoms with Gasteiger partial charge in [0.25, 0.3) is 5.89 Å². The predicted octanol–water partition coefficient (Wildman–Crippen LogP) is 7.60. The molecule has 1 aromatic carbocycles. The lowest BCUT2D eigenvalue weighted by Gasteiger charge is -2.53. The first-order valence-corrected chi connectivity index (χ1v) is 14.8. The summed E-state index contributed by atoms with van der Waals surface area (Å²) >= 11 is 0. The van der Waals surface area contributed by atoms with Gasteiger partial charge in [-0.2, -0.15) is 4.98 Å². The number of fused-ring (bicyclic) bond motifs is 3. The van der Waals surface area contributed by atoms with E-state index in [1.807, 2.05) is 57.2 Å². The number of nitrogens with zero attached hydrogens (tertiary/aromatic N) is 4. The lowest BCUT2D eigenvalue weighted by molar-refractivity contribution is 0.0304. The number of anilines is 1. The van der Waals surface area contributed by atoms with Gasteiger partial charge in [-0.05, 0) is 121 Å². The maximum absolute atomic E-state index is 14.4. The fourth-order valence-electron chi connectivity index (χ4n) is 6.22. The van der Waals surface area contributed by atoms with Crippen molar-refractivity contribution in [1.82, 2.24) is 15.1 Å². The third kappa shape index (κ3) is 6.21. The molecule has 0 aliphatic heterocycles. The third-order valence-electron chi connectivity index (χ3n) is 8.86. The van der Waals surface area contributed by atoms with Gasteiger partial charge in [0.05, 0.1) is 5.60 Å². The summed E-state index contributed by atoms with van der Waals surface area (Å²) in [4.78, 5) is 24.4. The number of hydrogen-bond acceptors (Lipinski definition) is 7. The number of amides is 1. The lowest BCUT2D eigenvalue weighted by Crippen LogP contribution is -2.51. The molecule has 6 rings (SSSR count). The van der Waals surface area contributed by atoms with Gasteiger partial charge in [0.15, 0.2) is 11.5 Å². The van der Waals surface area contributed by atoms with Crippen molar-refractivity contribution in [2.24, 2.45) is 5.41 Å². The van der Waals surface area contributed by atoms with Crippen molar-refractivity contribution < 1.29 is 23.6 Å². The fourth-order valence-corrected chi connectivity index (χ4v) is 6.22.